The fourth-order valence-corrected chi connectivity index (χ4v) is 3.33. The maximum atomic E-state index is 12.6. The molecule has 25 heavy (non-hydrogen) atoms. The van der Waals surface area contributed by atoms with Crippen molar-refractivity contribution >= 4 is 11.7 Å². The predicted octanol–water partition coefficient (Wildman–Crippen LogP) is 3.45. The van der Waals surface area contributed by atoms with Gasteiger partial charge in [-0.2, -0.15) is 0 Å². The lowest BCUT2D eigenvalue weighted by molar-refractivity contribution is 0.174. The van der Waals surface area contributed by atoms with E-state index in [-0.39, 0.29) is 12.8 Å². The van der Waals surface area contributed by atoms with Crippen LogP contribution in [0.15, 0.2) is 42.5 Å². The van der Waals surface area contributed by atoms with Gasteiger partial charge in [0.2, 0.25) is 6.79 Å². The molecule has 2 aliphatic rings. The van der Waals surface area contributed by atoms with Gasteiger partial charge in [0.05, 0.1) is 12.8 Å². The maximum Gasteiger partial charge on any atom is 0.321 e. The van der Waals surface area contributed by atoms with Gasteiger partial charge in [-0.25, -0.2) is 4.79 Å². The third-order valence-electron chi connectivity index (χ3n) is 4.69. The molecule has 2 aromatic carbocycles. The Morgan fingerprint density at radius 3 is 2.92 bits per heavy atom. The van der Waals surface area contributed by atoms with Crippen molar-refractivity contribution < 1.29 is 19.0 Å². The smallest absolute Gasteiger partial charge is 0.321 e. The van der Waals surface area contributed by atoms with Gasteiger partial charge in [-0.3, -0.25) is 0 Å². The second-order valence-corrected chi connectivity index (χ2v) is 6.17. The Labute approximate surface area is 146 Å². The van der Waals surface area contributed by atoms with Crippen LogP contribution in [0.25, 0.3) is 0 Å². The first-order chi connectivity index (χ1) is 12.2. The number of anilines is 1. The minimum atomic E-state index is -0.104. The van der Waals surface area contributed by atoms with Crippen LogP contribution in [-0.4, -0.2) is 37.9 Å². The fourth-order valence-electron chi connectivity index (χ4n) is 3.33. The number of hydrogen-bond donors (Lipinski definition) is 1. The minimum absolute atomic E-state index is 0.104. The number of amides is 2. The van der Waals surface area contributed by atoms with Crippen LogP contribution in [0.5, 0.6) is 17.2 Å². The molecule has 0 aliphatic carbocycles. The molecular weight excluding hydrogens is 320 g/mol. The van der Waals surface area contributed by atoms with Crippen LogP contribution in [0.1, 0.15) is 17.9 Å². The average Bonchev–Trinajstić information content (AvgIpc) is 3.30. The van der Waals surface area contributed by atoms with E-state index >= 15 is 0 Å². The highest BCUT2D eigenvalue weighted by Gasteiger charge is 2.29. The van der Waals surface area contributed by atoms with Crippen molar-refractivity contribution in [2.45, 2.75) is 12.3 Å². The van der Waals surface area contributed by atoms with Crippen molar-refractivity contribution in [3.8, 4) is 17.2 Å². The molecular formula is C19H20N2O4. The van der Waals surface area contributed by atoms with Crippen LogP contribution in [0.3, 0.4) is 0 Å². The summed E-state index contributed by atoms with van der Waals surface area (Å²) in [6, 6.07) is 13.3. The molecule has 1 N–H and O–H groups in total. The highest BCUT2D eigenvalue weighted by molar-refractivity contribution is 5.91. The van der Waals surface area contributed by atoms with Crippen molar-refractivity contribution in [3.63, 3.8) is 0 Å². The average molecular weight is 340 g/mol. The number of hydrogen-bond acceptors (Lipinski definition) is 4. The van der Waals surface area contributed by atoms with Gasteiger partial charge in [0.1, 0.15) is 5.75 Å². The van der Waals surface area contributed by atoms with E-state index < -0.39 is 0 Å². The standard InChI is InChI=1S/C19H20N2O4/c1-23-16-5-3-2-4-15(16)20-19(22)21-9-8-14(11-21)13-6-7-17-18(10-13)25-12-24-17/h2-7,10,14H,8-9,11-12H2,1H3,(H,20,22). The van der Waals surface area contributed by atoms with Gasteiger partial charge in [-0.15, -0.1) is 0 Å². The van der Waals surface area contributed by atoms with E-state index in [2.05, 4.69) is 11.4 Å². The molecule has 130 valence electrons. The molecule has 2 aliphatic heterocycles. The van der Waals surface area contributed by atoms with E-state index in [1.165, 1.54) is 5.56 Å². The summed E-state index contributed by atoms with van der Waals surface area (Å²) in [4.78, 5) is 14.4. The highest BCUT2D eigenvalue weighted by atomic mass is 16.7. The predicted molar refractivity (Wildman–Crippen MR) is 93.5 cm³/mol. The van der Waals surface area contributed by atoms with Crippen LogP contribution in [0.4, 0.5) is 10.5 Å². The number of benzene rings is 2. The van der Waals surface area contributed by atoms with Crippen molar-refractivity contribution in [2.24, 2.45) is 0 Å². The Morgan fingerprint density at radius 2 is 2.04 bits per heavy atom. The number of carbonyl (C=O) groups excluding carboxylic acids is 1. The number of rotatable bonds is 3. The number of nitrogens with one attached hydrogen (secondary N) is 1. The van der Waals surface area contributed by atoms with Gasteiger partial charge in [0, 0.05) is 19.0 Å². The summed E-state index contributed by atoms with van der Waals surface area (Å²) in [5, 5.41) is 2.93. The molecule has 0 spiro atoms. The zero-order valence-electron chi connectivity index (χ0n) is 14.0. The van der Waals surface area contributed by atoms with E-state index in [1.54, 1.807) is 7.11 Å². The number of likely N-dealkylation sites (tertiary alicyclic amines) is 1. The van der Waals surface area contributed by atoms with E-state index in [0.717, 1.165) is 24.5 Å². The summed E-state index contributed by atoms with van der Waals surface area (Å²) in [5.41, 5.74) is 1.86. The van der Waals surface area contributed by atoms with Gasteiger partial charge in [0.15, 0.2) is 11.5 Å². The molecule has 0 bridgehead atoms. The molecule has 0 radical (unpaired) electrons. The van der Waals surface area contributed by atoms with E-state index in [4.69, 9.17) is 14.2 Å². The summed E-state index contributed by atoms with van der Waals surface area (Å²) in [7, 11) is 1.59. The van der Waals surface area contributed by atoms with E-state index in [1.807, 2.05) is 41.3 Å². The van der Waals surface area contributed by atoms with Gasteiger partial charge < -0.3 is 24.4 Å². The van der Waals surface area contributed by atoms with Gasteiger partial charge in [-0.05, 0) is 36.2 Å². The van der Waals surface area contributed by atoms with Crippen molar-refractivity contribution in [1.29, 1.82) is 0 Å². The van der Waals surface area contributed by atoms with Crippen LogP contribution >= 0.6 is 0 Å². The molecule has 2 aromatic rings. The van der Waals surface area contributed by atoms with E-state index in [0.29, 0.717) is 23.9 Å². The highest BCUT2D eigenvalue weighted by Crippen LogP contribution is 2.37. The third kappa shape index (κ3) is 3.07. The first-order valence-electron chi connectivity index (χ1n) is 8.33. The van der Waals surface area contributed by atoms with Crippen molar-refractivity contribution in [3.05, 3.63) is 48.0 Å². The van der Waals surface area contributed by atoms with Gasteiger partial charge in [-0.1, -0.05) is 18.2 Å². The SMILES string of the molecule is COc1ccccc1NC(=O)N1CCC(c2ccc3c(c2)OCO3)C1. The third-order valence-corrected chi connectivity index (χ3v) is 4.69. The number of nitrogens with zero attached hydrogens (tertiary/aromatic N) is 1. The Morgan fingerprint density at radius 1 is 1.20 bits per heavy atom. The minimum Gasteiger partial charge on any atom is -0.495 e. The molecule has 1 unspecified atom stereocenters. The largest absolute Gasteiger partial charge is 0.495 e. The molecule has 4 rings (SSSR count). The number of carbonyl (C=O) groups is 1. The topological polar surface area (TPSA) is 60.0 Å². The number of fused-ring (bicyclic) bond motifs is 1. The van der Waals surface area contributed by atoms with Gasteiger partial charge in [0.25, 0.3) is 0 Å². The summed E-state index contributed by atoms with van der Waals surface area (Å²) in [6.07, 6.45) is 0.930. The van der Waals surface area contributed by atoms with Crippen LogP contribution in [0.2, 0.25) is 0 Å². The molecule has 2 heterocycles. The van der Waals surface area contributed by atoms with Crippen LogP contribution in [-0.2, 0) is 0 Å². The molecule has 0 aromatic heterocycles. The Kier molecular flexibility index (Phi) is 4.09. The van der Waals surface area contributed by atoms with Crippen molar-refractivity contribution in [2.75, 3.05) is 32.3 Å². The summed E-state index contributed by atoms with van der Waals surface area (Å²) < 4.78 is 16.1. The summed E-state index contributed by atoms with van der Waals surface area (Å²) >= 11 is 0. The molecule has 6 nitrogen and oxygen atoms in total. The number of para-hydroxylation sites is 2. The number of methoxy groups -OCH3 is 1. The first-order valence-corrected chi connectivity index (χ1v) is 8.33. The second-order valence-electron chi connectivity index (χ2n) is 6.17. The lowest BCUT2D eigenvalue weighted by Gasteiger charge is -2.18. The molecule has 1 fully saturated rings. The zero-order chi connectivity index (χ0) is 17.2. The zero-order valence-corrected chi connectivity index (χ0v) is 14.0. The quantitative estimate of drug-likeness (QED) is 0.930. The Balaban J connectivity index is 1.42. The normalized spacial score (nSPS) is 18.3. The lowest BCUT2D eigenvalue weighted by atomic mass is 9.98. The molecule has 1 saturated heterocycles. The molecule has 0 saturated carbocycles. The van der Waals surface area contributed by atoms with Crippen LogP contribution < -0.4 is 19.5 Å². The molecule has 2 amide bonds. The van der Waals surface area contributed by atoms with Gasteiger partial charge >= 0.3 is 6.03 Å². The molecule has 6 heteroatoms. The number of ether oxygens (including phenoxy) is 3. The lowest BCUT2D eigenvalue weighted by Crippen LogP contribution is -2.32. The monoisotopic (exact) mass is 340 g/mol. The van der Waals surface area contributed by atoms with E-state index in [9.17, 15) is 4.79 Å². The first kappa shape index (κ1) is 15.6. The van der Waals surface area contributed by atoms with Crippen LogP contribution in [0, 0.1) is 0 Å². The Hall–Kier alpha value is -2.89. The summed E-state index contributed by atoms with van der Waals surface area (Å²) in [6.45, 7) is 1.68. The summed E-state index contributed by atoms with van der Waals surface area (Å²) in [5.74, 6) is 2.53. The Bertz CT molecular complexity index is 793. The second kappa shape index (κ2) is 6.55. The maximum absolute atomic E-state index is 12.6. The van der Waals surface area contributed by atoms with Crippen molar-refractivity contribution in [1.82, 2.24) is 4.90 Å². The molecule has 1 atom stereocenters. The fraction of sp³-hybridized carbons (Fsp3) is 0.316. The number of urea groups is 1.